The molecule has 0 bridgehead atoms. The summed E-state index contributed by atoms with van der Waals surface area (Å²) in [4.78, 5) is 43.0. The van der Waals surface area contributed by atoms with Crippen LogP contribution >= 0.6 is 11.3 Å². The minimum Gasteiger partial charge on any atom is -0.298 e. The van der Waals surface area contributed by atoms with Crippen molar-refractivity contribution in [1.29, 1.82) is 0 Å². The first-order valence-corrected chi connectivity index (χ1v) is 9.53. The number of hydrogen-bond acceptors (Lipinski definition) is 5. The number of anilines is 1. The zero-order chi connectivity index (χ0) is 20.0. The second kappa shape index (κ2) is 6.79. The average molecular weight is 397 g/mol. The summed E-state index contributed by atoms with van der Waals surface area (Å²) >= 11 is 1.16. The Labute approximate surface area is 164 Å². The van der Waals surface area contributed by atoms with E-state index in [1.54, 1.807) is 6.07 Å². The molecule has 1 N–H and O–H groups in total. The first-order valence-electron chi connectivity index (χ1n) is 8.71. The van der Waals surface area contributed by atoms with E-state index in [9.17, 15) is 18.8 Å². The number of thiazole rings is 1. The molecule has 1 aliphatic heterocycles. The lowest BCUT2D eigenvalue weighted by Crippen LogP contribution is -2.33. The first-order chi connectivity index (χ1) is 13.3. The van der Waals surface area contributed by atoms with Gasteiger partial charge in [-0.25, -0.2) is 9.37 Å². The minimum atomic E-state index is -0.454. The number of aromatic nitrogens is 1. The molecule has 0 aliphatic carbocycles. The Morgan fingerprint density at radius 2 is 1.89 bits per heavy atom. The maximum atomic E-state index is 13.3. The SMILES string of the molecule is CC(C)CN1C(=O)c2ccc(C(=O)Nc3nc4ccc(F)cc4s3)cc2C1=O. The number of carbonyl (C=O) groups excluding carboxylic acids is 3. The van der Waals surface area contributed by atoms with Crippen LogP contribution in [-0.2, 0) is 0 Å². The average Bonchev–Trinajstić information content (AvgIpc) is 3.14. The number of hydrogen-bond donors (Lipinski definition) is 1. The molecule has 0 saturated heterocycles. The summed E-state index contributed by atoms with van der Waals surface area (Å²) in [5.41, 5.74) is 1.36. The smallest absolute Gasteiger partial charge is 0.261 e. The Morgan fingerprint density at radius 1 is 1.14 bits per heavy atom. The van der Waals surface area contributed by atoms with Gasteiger partial charge in [0.15, 0.2) is 5.13 Å². The quantitative estimate of drug-likeness (QED) is 0.677. The maximum Gasteiger partial charge on any atom is 0.261 e. The zero-order valence-corrected chi connectivity index (χ0v) is 16.0. The van der Waals surface area contributed by atoms with Gasteiger partial charge in [0.1, 0.15) is 5.82 Å². The van der Waals surface area contributed by atoms with Crippen molar-refractivity contribution in [3.05, 3.63) is 58.9 Å². The summed E-state index contributed by atoms with van der Waals surface area (Å²) in [5, 5.41) is 2.99. The Morgan fingerprint density at radius 3 is 2.64 bits per heavy atom. The molecule has 3 aromatic rings. The monoisotopic (exact) mass is 397 g/mol. The number of benzene rings is 2. The van der Waals surface area contributed by atoms with E-state index in [-0.39, 0.29) is 34.7 Å². The van der Waals surface area contributed by atoms with Crippen LogP contribution in [0, 0.1) is 11.7 Å². The van der Waals surface area contributed by atoms with Crippen LogP contribution in [0.4, 0.5) is 9.52 Å². The highest BCUT2D eigenvalue weighted by Gasteiger charge is 2.36. The topological polar surface area (TPSA) is 79.4 Å². The van der Waals surface area contributed by atoms with Crippen LogP contribution in [0.1, 0.15) is 44.9 Å². The van der Waals surface area contributed by atoms with Crippen LogP contribution in [-0.4, -0.2) is 34.2 Å². The molecule has 2 aromatic carbocycles. The molecule has 142 valence electrons. The summed E-state index contributed by atoms with van der Waals surface area (Å²) < 4.78 is 13.9. The largest absolute Gasteiger partial charge is 0.298 e. The van der Waals surface area contributed by atoms with Gasteiger partial charge >= 0.3 is 0 Å². The summed E-state index contributed by atoms with van der Waals surface area (Å²) in [6, 6.07) is 8.63. The molecule has 6 nitrogen and oxygen atoms in total. The van der Waals surface area contributed by atoms with E-state index in [2.05, 4.69) is 10.3 Å². The van der Waals surface area contributed by atoms with Crippen molar-refractivity contribution in [2.24, 2.45) is 5.92 Å². The second-order valence-corrected chi connectivity index (χ2v) is 7.99. The lowest BCUT2D eigenvalue weighted by atomic mass is 10.1. The Hall–Kier alpha value is -3.13. The fourth-order valence-electron chi connectivity index (χ4n) is 3.08. The van der Waals surface area contributed by atoms with E-state index in [1.165, 1.54) is 35.2 Å². The number of nitrogens with zero attached hydrogens (tertiary/aromatic N) is 2. The van der Waals surface area contributed by atoms with Crippen molar-refractivity contribution >= 4 is 44.4 Å². The standard InChI is InChI=1S/C20H16FN3O3S/c1-10(2)9-24-18(26)13-5-3-11(7-14(13)19(24)27)17(25)23-20-22-15-6-4-12(21)8-16(15)28-20/h3-8,10H,9H2,1-2H3,(H,22,23,25). The molecule has 0 spiro atoms. The van der Waals surface area contributed by atoms with Crippen molar-refractivity contribution in [3.8, 4) is 0 Å². The summed E-state index contributed by atoms with van der Waals surface area (Å²) in [5.74, 6) is -1.41. The normalized spacial score (nSPS) is 13.5. The molecule has 28 heavy (non-hydrogen) atoms. The van der Waals surface area contributed by atoms with E-state index in [4.69, 9.17) is 0 Å². The molecule has 2 heterocycles. The van der Waals surface area contributed by atoms with Crippen molar-refractivity contribution < 1.29 is 18.8 Å². The highest BCUT2D eigenvalue weighted by Crippen LogP contribution is 2.28. The summed E-state index contributed by atoms with van der Waals surface area (Å²) in [7, 11) is 0. The molecule has 0 unspecified atom stereocenters. The zero-order valence-electron chi connectivity index (χ0n) is 15.2. The highest BCUT2D eigenvalue weighted by molar-refractivity contribution is 7.22. The molecule has 0 saturated carbocycles. The number of rotatable bonds is 4. The molecule has 1 aromatic heterocycles. The fraction of sp³-hybridized carbons (Fsp3) is 0.200. The number of halogens is 1. The molecule has 4 rings (SSSR count). The number of fused-ring (bicyclic) bond motifs is 2. The van der Waals surface area contributed by atoms with Gasteiger partial charge in [-0.3, -0.25) is 24.6 Å². The number of amides is 3. The van der Waals surface area contributed by atoms with Gasteiger partial charge in [0.2, 0.25) is 0 Å². The molecule has 0 radical (unpaired) electrons. The number of nitrogens with one attached hydrogen (secondary N) is 1. The fourth-order valence-corrected chi connectivity index (χ4v) is 3.97. The first kappa shape index (κ1) is 18.2. The molecular formula is C20H16FN3O3S. The van der Waals surface area contributed by atoms with Gasteiger partial charge in [0.05, 0.1) is 21.3 Å². The van der Waals surface area contributed by atoms with Crippen molar-refractivity contribution in [2.45, 2.75) is 13.8 Å². The molecular weight excluding hydrogens is 381 g/mol. The maximum absolute atomic E-state index is 13.3. The van der Waals surface area contributed by atoms with E-state index < -0.39 is 5.91 Å². The van der Waals surface area contributed by atoms with Gasteiger partial charge < -0.3 is 0 Å². The highest BCUT2D eigenvalue weighted by atomic mass is 32.1. The summed E-state index contributed by atoms with van der Waals surface area (Å²) in [6.45, 7) is 4.18. The van der Waals surface area contributed by atoms with Crippen LogP contribution < -0.4 is 5.32 Å². The van der Waals surface area contributed by atoms with Crippen molar-refractivity contribution in [3.63, 3.8) is 0 Å². The third-order valence-electron chi connectivity index (χ3n) is 4.35. The van der Waals surface area contributed by atoms with Gasteiger partial charge in [-0.1, -0.05) is 25.2 Å². The van der Waals surface area contributed by atoms with Gasteiger partial charge in [-0.15, -0.1) is 0 Å². The van der Waals surface area contributed by atoms with Crippen LogP contribution in [0.3, 0.4) is 0 Å². The third kappa shape index (κ3) is 3.16. The molecule has 1 aliphatic rings. The molecule has 8 heteroatoms. The second-order valence-electron chi connectivity index (χ2n) is 6.96. The van der Waals surface area contributed by atoms with Crippen molar-refractivity contribution in [1.82, 2.24) is 9.88 Å². The van der Waals surface area contributed by atoms with Gasteiger partial charge in [-0.2, -0.15) is 0 Å². The van der Waals surface area contributed by atoms with Gasteiger partial charge in [0, 0.05) is 12.1 Å². The van der Waals surface area contributed by atoms with Gasteiger partial charge in [-0.05, 0) is 42.3 Å². The van der Waals surface area contributed by atoms with E-state index in [1.807, 2.05) is 13.8 Å². The Kier molecular flexibility index (Phi) is 4.43. The van der Waals surface area contributed by atoms with Crippen LogP contribution in [0.2, 0.25) is 0 Å². The number of imide groups is 1. The van der Waals surface area contributed by atoms with Gasteiger partial charge in [0.25, 0.3) is 17.7 Å². The van der Waals surface area contributed by atoms with E-state index in [0.29, 0.717) is 27.5 Å². The van der Waals surface area contributed by atoms with Crippen LogP contribution in [0.25, 0.3) is 10.2 Å². The third-order valence-corrected chi connectivity index (χ3v) is 5.29. The molecule has 0 atom stereocenters. The lowest BCUT2D eigenvalue weighted by molar-refractivity contribution is 0.0636. The number of carbonyl (C=O) groups is 3. The Bertz CT molecular complexity index is 1140. The van der Waals surface area contributed by atoms with Crippen LogP contribution in [0.15, 0.2) is 36.4 Å². The van der Waals surface area contributed by atoms with E-state index in [0.717, 1.165) is 11.3 Å². The predicted molar refractivity (Wildman–Crippen MR) is 104 cm³/mol. The minimum absolute atomic E-state index is 0.147. The predicted octanol–water partition coefficient (Wildman–Crippen LogP) is 3.94. The lowest BCUT2D eigenvalue weighted by Gasteiger charge is -2.15. The Balaban J connectivity index is 1.59. The van der Waals surface area contributed by atoms with Crippen molar-refractivity contribution in [2.75, 3.05) is 11.9 Å². The molecule has 3 amide bonds. The van der Waals surface area contributed by atoms with E-state index >= 15 is 0 Å². The van der Waals surface area contributed by atoms with Crippen LogP contribution in [0.5, 0.6) is 0 Å². The summed E-state index contributed by atoms with van der Waals surface area (Å²) in [6.07, 6.45) is 0. The molecule has 0 fully saturated rings.